The quantitative estimate of drug-likeness (QED) is 0.691. The maximum Gasteiger partial charge on any atom is 0.227 e. The Morgan fingerprint density at radius 1 is 1.26 bits per heavy atom. The Labute approximate surface area is 116 Å². The zero-order valence-corrected chi connectivity index (χ0v) is 12.1. The topological polar surface area (TPSA) is 50.4 Å². The molecule has 2 rings (SSSR count). The van der Waals surface area contributed by atoms with E-state index in [1.165, 1.54) is 32.1 Å². The molecule has 2 N–H and O–H groups in total. The van der Waals surface area contributed by atoms with Crippen LogP contribution in [0.2, 0.25) is 0 Å². The molecule has 2 atom stereocenters. The molecule has 0 radical (unpaired) electrons. The van der Waals surface area contributed by atoms with E-state index in [4.69, 9.17) is 4.74 Å². The van der Waals surface area contributed by atoms with Gasteiger partial charge in [-0.05, 0) is 25.3 Å². The molecule has 4 nitrogen and oxygen atoms in total. The van der Waals surface area contributed by atoms with Crippen LogP contribution in [0, 0.1) is 11.8 Å². The van der Waals surface area contributed by atoms with Crippen LogP contribution in [0.5, 0.6) is 0 Å². The number of carbonyl (C=O) groups is 1. The minimum Gasteiger partial charge on any atom is -0.379 e. The van der Waals surface area contributed by atoms with Crippen LogP contribution in [0.4, 0.5) is 0 Å². The van der Waals surface area contributed by atoms with Crippen LogP contribution in [-0.4, -0.2) is 38.3 Å². The number of hydrogen-bond donors (Lipinski definition) is 2. The number of nitrogens with one attached hydrogen (secondary N) is 2. The second-order valence-electron chi connectivity index (χ2n) is 5.89. The molecule has 4 heteroatoms. The van der Waals surface area contributed by atoms with Gasteiger partial charge in [0.1, 0.15) is 0 Å². The predicted octanol–water partition coefficient (Wildman–Crippen LogP) is 1.70. The Bertz CT molecular complexity index is 277. The lowest BCUT2D eigenvalue weighted by Gasteiger charge is -2.18. The lowest BCUT2D eigenvalue weighted by atomic mass is 10.0. The highest BCUT2D eigenvalue weighted by atomic mass is 16.5. The van der Waals surface area contributed by atoms with Gasteiger partial charge in [-0.3, -0.25) is 4.79 Å². The molecule has 1 amide bonds. The monoisotopic (exact) mass is 268 g/mol. The van der Waals surface area contributed by atoms with E-state index in [9.17, 15) is 4.79 Å². The molecule has 2 fully saturated rings. The Kier molecular flexibility index (Phi) is 6.11. The fourth-order valence-electron chi connectivity index (χ4n) is 3.31. The Balaban J connectivity index is 1.60. The van der Waals surface area contributed by atoms with Crippen molar-refractivity contribution < 1.29 is 9.53 Å². The van der Waals surface area contributed by atoms with E-state index < -0.39 is 0 Å². The van der Waals surface area contributed by atoms with Gasteiger partial charge < -0.3 is 15.4 Å². The first-order valence-corrected chi connectivity index (χ1v) is 7.90. The van der Waals surface area contributed by atoms with Crippen LogP contribution in [0.1, 0.15) is 45.4 Å². The molecule has 1 saturated heterocycles. The molecular formula is C15H28N2O2. The smallest absolute Gasteiger partial charge is 0.227 e. The lowest BCUT2D eigenvalue weighted by Crippen LogP contribution is -2.44. The molecule has 0 bridgehead atoms. The number of amides is 1. The first kappa shape index (κ1) is 14.8. The van der Waals surface area contributed by atoms with E-state index in [-0.39, 0.29) is 17.9 Å². The maximum atomic E-state index is 12.1. The van der Waals surface area contributed by atoms with Crippen LogP contribution in [0.25, 0.3) is 0 Å². The van der Waals surface area contributed by atoms with Gasteiger partial charge in [0, 0.05) is 12.6 Å². The number of ether oxygens (including phenoxy) is 1. The summed E-state index contributed by atoms with van der Waals surface area (Å²) in [5, 5.41) is 6.40. The highest BCUT2D eigenvalue weighted by molar-refractivity contribution is 5.79. The fourth-order valence-corrected chi connectivity index (χ4v) is 3.31. The molecule has 2 aliphatic rings. The lowest BCUT2D eigenvalue weighted by molar-refractivity contribution is -0.125. The SMILES string of the molecule is CCNC1COCC1C(=O)NCCCC1CCCC1. The van der Waals surface area contributed by atoms with Crippen molar-refractivity contribution in [3.63, 3.8) is 0 Å². The van der Waals surface area contributed by atoms with E-state index in [0.29, 0.717) is 13.2 Å². The number of carbonyl (C=O) groups excluding carboxylic acids is 1. The highest BCUT2D eigenvalue weighted by Gasteiger charge is 2.33. The average molecular weight is 268 g/mol. The van der Waals surface area contributed by atoms with Gasteiger partial charge in [0.15, 0.2) is 0 Å². The van der Waals surface area contributed by atoms with Gasteiger partial charge in [0.25, 0.3) is 0 Å². The molecule has 2 unspecified atom stereocenters. The first-order chi connectivity index (χ1) is 9.31. The van der Waals surface area contributed by atoms with Crippen molar-refractivity contribution in [2.75, 3.05) is 26.3 Å². The molecule has 1 aliphatic carbocycles. The van der Waals surface area contributed by atoms with Gasteiger partial charge in [-0.15, -0.1) is 0 Å². The van der Waals surface area contributed by atoms with Gasteiger partial charge in [0.2, 0.25) is 5.91 Å². The molecule has 1 heterocycles. The van der Waals surface area contributed by atoms with Crippen LogP contribution < -0.4 is 10.6 Å². The summed E-state index contributed by atoms with van der Waals surface area (Å²) in [6.45, 7) is 5.00. The van der Waals surface area contributed by atoms with Crippen LogP contribution in [-0.2, 0) is 9.53 Å². The predicted molar refractivity (Wildman–Crippen MR) is 76.0 cm³/mol. The third-order valence-corrected chi connectivity index (χ3v) is 4.45. The Morgan fingerprint density at radius 2 is 2.05 bits per heavy atom. The maximum absolute atomic E-state index is 12.1. The first-order valence-electron chi connectivity index (χ1n) is 7.90. The van der Waals surface area contributed by atoms with Crippen molar-refractivity contribution in [2.24, 2.45) is 11.8 Å². The summed E-state index contributed by atoms with van der Waals surface area (Å²) < 4.78 is 5.41. The van der Waals surface area contributed by atoms with E-state index in [1.807, 2.05) is 0 Å². The summed E-state index contributed by atoms with van der Waals surface area (Å²) in [5.41, 5.74) is 0. The van der Waals surface area contributed by atoms with Crippen LogP contribution in [0.15, 0.2) is 0 Å². The van der Waals surface area contributed by atoms with Crippen molar-refractivity contribution >= 4 is 5.91 Å². The summed E-state index contributed by atoms with van der Waals surface area (Å²) in [6.07, 6.45) is 8.00. The molecule has 0 aromatic heterocycles. The second kappa shape index (κ2) is 7.85. The number of likely N-dealkylation sites (N-methyl/N-ethyl adjacent to an activating group) is 1. The third kappa shape index (κ3) is 4.46. The van der Waals surface area contributed by atoms with Gasteiger partial charge in [0.05, 0.1) is 19.1 Å². The largest absolute Gasteiger partial charge is 0.379 e. The summed E-state index contributed by atoms with van der Waals surface area (Å²) in [5.74, 6) is 1.07. The zero-order chi connectivity index (χ0) is 13.5. The molecule has 110 valence electrons. The van der Waals surface area contributed by atoms with Crippen molar-refractivity contribution in [1.29, 1.82) is 0 Å². The minimum atomic E-state index is -0.00793. The molecule has 19 heavy (non-hydrogen) atoms. The molecular weight excluding hydrogens is 240 g/mol. The van der Waals surface area contributed by atoms with Gasteiger partial charge >= 0.3 is 0 Å². The summed E-state index contributed by atoms with van der Waals surface area (Å²) in [7, 11) is 0. The fraction of sp³-hybridized carbons (Fsp3) is 0.933. The van der Waals surface area contributed by atoms with Crippen LogP contribution >= 0.6 is 0 Å². The summed E-state index contributed by atoms with van der Waals surface area (Å²) in [6, 6.07) is 0.194. The standard InChI is InChI=1S/C15H28N2O2/c1-2-16-14-11-19-10-13(14)15(18)17-9-5-8-12-6-3-4-7-12/h12-14,16H,2-11H2,1H3,(H,17,18). The molecule has 1 saturated carbocycles. The molecule has 0 aromatic rings. The van der Waals surface area contributed by atoms with Gasteiger partial charge in [-0.1, -0.05) is 32.6 Å². The van der Waals surface area contributed by atoms with E-state index in [2.05, 4.69) is 17.6 Å². The van der Waals surface area contributed by atoms with Crippen LogP contribution in [0.3, 0.4) is 0 Å². The summed E-state index contributed by atoms with van der Waals surface area (Å²) in [4.78, 5) is 12.1. The molecule has 1 aliphatic heterocycles. The Hall–Kier alpha value is -0.610. The second-order valence-corrected chi connectivity index (χ2v) is 5.89. The van der Waals surface area contributed by atoms with Crippen molar-refractivity contribution in [3.8, 4) is 0 Å². The van der Waals surface area contributed by atoms with E-state index in [0.717, 1.165) is 25.4 Å². The zero-order valence-electron chi connectivity index (χ0n) is 12.1. The van der Waals surface area contributed by atoms with E-state index in [1.54, 1.807) is 0 Å². The summed E-state index contributed by atoms with van der Waals surface area (Å²) >= 11 is 0. The normalized spacial score (nSPS) is 27.8. The van der Waals surface area contributed by atoms with Crippen molar-refractivity contribution in [1.82, 2.24) is 10.6 Å². The molecule has 0 spiro atoms. The van der Waals surface area contributed by atoms with E-state index >= 15 is 0 Å². The minimum absolute atomic E-state index is 0.00793. The highest BCUT2D eigenvalue weighted by Crippen LogP contribution is 2.28. The van der Waals surface area contributed by atoms with Crippen molar-refractivity contribution in [3.05, 3.63) is 0 Å². The van der Waals surface area contributed by atoms with Gasteiger partial charge in [-0.2, -0.15) is 0 Å². The Morgan fingerprint density at radius 3 is 2.79 bits per heavy atom. The third-order valence-electron chi connectivity index (χ3n) is 4.45. The molecule has 0 aromatic carbocycles. The van der Waals surface area contributed by atoms with Crippen molar-refractivity contribution in [2.45, 2.75) is 51.5 Å². The number of rotatable bonds is 7. The average Bonchev–Trinajstić information content (AvgIpc) is 3.05. The number of hydrogen-bond acceptors (Lipinski definition) is 3. The van der Waals surface area contributed by atoms with Gasteiger partial charge in [-0.25, -0.2) is 0 Å².